The van der Waals surface area contributed by atoms with Gasteiger partial charge in [-0.15, -0.1) is 0 Å². The van der Waals surface area contributed by atoms with E-state index in [1.807, 2.05) is 24.3 Å². The van der Waals surface area contributed by atoms with E-state index in [4.69, 9.17) is 4.42 Å². The van der Waals surface area contributed by atoms with Gasteiger partial charge in [-0.3, -0.25) is 9.59 Å². The Morgan fingerprint density at radius 1 is 0.917 bits per heavy atom. The first-order valence-electron chi connectivity index (χ1n) is 7.31. The molecule has 0 saturated carbocycles. The van der Waals surface area contributed by atoms with Crippen LogP contribution in [0.4, 0.5) is 5.69 Å². The summed E-state index contributed by atoms with van der Waals surface area (Å²) in [5, 5.41) is 2.75. The third kappa shape index (κ3) is 3.63. The molecule has 1 amide bonds. The summed E-state index contributed by atoms with van der Waals surface area (Å²) in [6.07, 6.45) is 0. The Kier molecular flexibility index (Phi) is 4.62. The number of carbonyl (C=O) groups is 2. The van der Waals surface area contributed by atoms with Crippen molar-refractivity contribution in [3.05, 3.63) is 76.5 Å². The summed E-state index contributed by atoms with van der Waals surface area (Å²) in [5.74, 6) is 0.495. The van der Waals surface area contributed by atoms with E-state index in [-0.39, 0.29) is 17.5 Å². The lowest BCUT2D eigenvalue weighted by Gasteiger charge is -2.04. The Morgan fingerprint density at radius 2 is 1.58 bits per heavy atom. The molecule has 0 bridgehead atoms. The zero-order valence-electron chi connectivity index (χ0n) is 12.9. The molecule has 3 aromatic rings. The van der Waals surface area contributed by atoms with Crippen LogP contribution < -0.4 is 5.32 Å². The molecule has 0 unspecified atom stereocenters. The summed E-state index contributed by atoms with van der Waals surface area (Å²) >= 11 is 3.38. The number of hydrogen-bond donors (Lipinski definition) is 1. The SMILES string of the molecule is CC(=O)c1ccc(NC(=O)c2ccc(-c3ccc(Br)cc3)o2)cc1. The highest BCUT2D eigenvalue weighted by atomic mass is 79.9. The Labute approximate surface area is 147 Å². The Hall–Kier alpha value is -2.66. The molecule has 0 aliphatic carbocycles. The predicted molar refractivity (Wildman–Crippen MR) is 96.2 cm³/mol. The minimum atomic E-state index is -0.339. The summed E-state index contributed by atoms with van der Waals surface area (Å²) in [6, 6.07) is 17.8. The lowest BCUT2D eigenvalue weighted by atomic mass is 10.1. The van der Waals surface area contributed by atoms with Gasteiger partial charge in [0.2, 0.25) is 0 Å². The molecule has 0 fully saturated rings. The fourth-order valence-corrected chi connectivity index (χ4v) is 2.47. The lowest BCUT2D eigenvalue weighted by molar-refractivity contribution is 0.0995. The molecular formula is C19H14BrNO3. The van der Waals surface area contributed by atoms with Gasteiger partial charge in [-0.25, -0.2) is 0 Å². The fourth-order valence-electron chi connectivity index (χ4n) is 2.21. The van der Waals surface area contributed by atoms with Crippen LogP contribution in [0.1, 0.15) is 27.8 Å². The highest BCUT2D eigenvalue weighted by Gasteiger charge is 2.12. The number of amides is 1. The number of anilines is 1. The maximum atomic E-state index is 12.3. The molecular weight excluding hydrogens is 370 g/mol. The van der Waals surface area contributed by atoms with E-state index in [2.05, 4.69) is 21.2 Å². The van der Waals surface area contributed by atoms with Crippen molar-refractivity contribution < 1.29 is 14.0 Å². The van der Waals surface area contributed by atoms with E-state index in [9.17, 15) is 9.59 Å². The summed E-state index contributed by atoms with van der Waals surface area (Å²) in [6.45, 7) is 1.50. The fraction of sp³-hybridized carbons (Fsp3) is 0.0526. The van der Waals surface area contributed by atoms with Crippen molar-refractivity contribution in [2.45, 2.75) is 6.92 Å². The molecule has 24 heavy (non-hydrogen) atoms. The number of halogens is 1. The second-order valence-corrected chi connectivity index (χ2v) is 6.17. The average molecular weight is 384 g/mol. The number of Topliss-reactive ketones (excluding diaryl/α,β-unsaturated/α-hetero) is 1. The molecule has 1 aromatic heterocycles. The van der Waals surface area contributed by atoms with Gasteiger partial charge < -0.3 is 9.73 Å². The first kappa shape index (κ1) is 16.2. The van der Waals surface area contributed by atoms with Crippen molar-refractivity contribution in [1.82, 2.24) is 0 Å². The van der Waals surface area contributed by atoms with E-state index in [0.717, 1.165) is 10.0 Å². The Morgan fingerprint density at radius 3 is 2.21 bits per heavy atom. The average Bonchev–Trinajstić information content (AvgIpc) is 3.06. The van der Waals surface area contributed by atoms with Crippen molar-refractivity contribution in [2.24, 2.45) is 0 Å². The number of furan rings is 1. The molecule has 3 rings (SSSR count). The van der Waals surface area contributed by atoms with Gasteiger partial charge in [0, 0.05) is 21.3 Å². The number of nitrogens with one attached hydrogen (secondary N) is 1. The first-order valence-corrected chi connectivity index (χ1v) is 8.10. The molecule has 1 heterocycles. The van der Waals surface area contributed by atoms with Crippen LogP contribution in [-0.4, -0.2) is 11.7 Å². The van der Waals surface area contributed by atoms with Gasteiger partial charge in [-0.2, -0.15) is 0 Å². The van der Waals surface area contributed by atoms with Crippen molar-refractivity contribution in [1.29, 1.82) is 0 Å². The highest BCUT2D eigenvalue weighted by molar-refractivity contribution is 9.10. The molecule has 0 aliphatic heterocycles. The zero-order valence-corrected chi connectivity index (χ0v) is 14.5. The number of rotatable bonds is 4. The van der Waals surface area contributed by atoms with Crippen molar-refractivity contribution >= 4 is 33.3 Å². The second kappa shape index (κ2) is 6.84. The molecule has 0 spiro atoms. The van der Waals surface area contributed by atoms with Gasteiger partial charge in [0.05, 0.1) is 0 Å². The maximum Gasteiger partial charge on any atom is 0.291 e. The molecule has 5 heteroatoms. The van der Waals surface area contributed by atoms with Crippen LogP contribution in [0, 0.1) is 0 Å². The minimum absolute atomic E-state index is 0.0157. The van der Waals surface area contributed by atoms with Crippen LogP contribution in [0.3, 0.4) is 0 Å². The predicted octanol–water partition coefficient (Wildman–Crippen LogP) is 5.16. The van der Waals surface area contributed by atoms with E-state index in [0.29, 0.717) is 17.0 Å². The molecule has 1 N–H and O–H groups in total. The topological polar surface area (TPSA) is 59.3 Å². The monoisotopic (exact) mass is 383 g/mol. The summed E-state index contributed by atoms with van der Waals surface area (Å²) in [5.41, 5.74) is 2.10. The largest absolute Gasteiger partial charge is 0.451 e. The smallest absolute Gasteiger partial charge is 0.291 e. The molecule has 0 atom stereocenters. The lowest BCUT2D eigenvalue weighted by Crippen LogP contribution is -2.10. The normalized spacial score (nSPS) is 10.4. The van der Waals surface area contributed by atoms with Crippen LogP contribution in [-0.2, 0) is 0 Å². The molecule has 4 nitrogen and oxygen atoms in total. The maximum absolute atomic E-state index is 12.3. The van der Waals surface area contributed by atoms with E-state index < -0.39 is 0 Å². The minimum Gasteiger partial charge on any atom is -0.451 e. The van der Waals surface area contributed by atoms with Crippen LogP contribution in [0.15, 0.2) is 69.6 Å². The van der Waals surface area contributed by atoms with Gasteiger partial charge in [-0.05, 0) is 55.5 Å². The summed E-state index contributed by atoms with van der Waals surface area (Å²) in [7, 11) is 0. The van der Waals surface area contributed by atoms with Crippen LogP contribution in [0.25, 0.3) is 11.3 Å². The molecule has 120 valence electrons. The Balaban J connectivity index is 1.73. The standard InChI is InChI=1S/C19H14BrNO3/c1-12(22)13-4-8-16(9-5-13)21-19(23)18-11-10-17(24-18)14-2-6-15(20)7-3-14/h2-11H,1H3,(H,21,23). The highest BCUT2D eigenvalue weighted by Crippen LogP contribution is 2.24. The van der Waals surface area contributed by atoms with Crippen molar-refractivity contribution in [3.8, 4) is 11.3 Å². The number of ketones is 1. The summed E-state index contributed by atoms with van der Waals surface area (Å²) in [4.78, 5) is 23.5. The molecule has 2 aromatic carbocycles. The van der Waals surface area contributed by atoms with Gasteiger partial charge in [-0.1, -0.05) is 28.1 Å². The number of benzene rings is 2. The van der Waals surface area contributed by atoms with Crippen LogP contribution in [0.2, 0.25) is 0 Å². The number of carbonyl (C=O) groups excluding carboxylic acids is 2. The number of hydrogen-bond acceptors (Lipinski definition) is 3. The van der Waals surface area contributed by atoms with Gasteiger partial charge in [0.15, 0.2) is 11.5 Å². The first-order chi connectivity index (χ1) is 11.5. The molecule has 0 radical (unpaired) electrons. The van der Waals surface area contributed by atoms with Crippen LogP contribution in [0.5, 0.6) is 0 Å². The van der Waals surface area contributed by atoms with E-state index in [1.54, 1.807) is 36.4 Å². The van der Waals surface area contributed by atoms with E-state index >= 15 is 0 Å². The van der Waals surface area contributed by atoms with Gasteiger partial charge in [0.1, 0.15) is 5.76 Å². The third-order valence-electron chi connectivity index (χ3n) is 3.51. The zero-order chi connectivity index (χ0) is 17.1. The third-order valence-corrected chi connectivity index (χ3v) is 4.04. The molecule has 0 saturated heterocycles. The molecule has 0 aliphatic rings. The Bertz CT molecular complexity index is 880. The summed E-state index contributed by atoms with van der Waals surface area (Å²) < 4.78 is 6.60. The van der Waals surface area contributed by atoms with Crippen molar-refractivity contribution in [2.75, 3.05) is 5.32 Å². The van der Waals surface area contributed by atoms with Crippen molar-refractivity contribution in [3.63, 3.8) is 0 Å². The second-order valence-electron chi connectivity index (χ2n) is 5.26. The van der Waals surface area contributed by atoms with E-state index in [1.165, 1.54) is 6.92 Å². The quantitative estimate of drug-likeness (QED) is 0.632. The van der Waals surface area contributed by atoms with Gasteiger partial charge >= 0.3 is 0 Å². The van der Waals surface area contributed by atoms with Gasteiger partial charge in [0.25, 0.3) is 5.91 Å². The van der Waals surface area contributed by atoms with Crippen LogP contribution >= 0.6 is 15.9 Å².